The summed E-state index contributed by atoms with van der Waals surface area (Å²) >= 11 is 0. The van der Waals surface area contributed by atoms with Crippen molar-refractivity contribution in [2.75, 3.05) is 11.9 Å². The largest absolute Gasteiger partial charge is 0.330 e. The molecule has 0 aliphatic carbocycles. The Morgan fingerprint density at radius 3 is 2.77 bits per heavy atom. The van der Waals surface area contributed by atoms with Gasteiger partial charge in [0.2, 0.25) is 5.91 Å². The molecule has 6 nitrogen and oxygen atoms in total. The Hall–Kier alpha value is -2.21. The fraction of sp³-hybridized carbons (Fsp3) is 0.438. The van der Waals surface area contributed by atoms with Crippen molar-refractivity contribution >= 4 is 11.6 Å². The SMILES string of the molecule is NCCCCCCC(=O)Nc1ccccc1Cn1cncn1. The summed E-state index contributed by atoms with van der Waals surface area (Å²) in [7, 11) is 0. The molecule has 1 heterocycles. The number of hydrogen-bond donors (Lipinski definition) is 2. The van der Waals surface area contributed by atoms with E-state index in [2.05, 4.69) is 15.4 Å². The predicted octanol–water partition coefficient (Wildman–Crippen LogP) is 2.17. The van der Waals surface area contributed by atoms with Crippen LogP contribution in [0.1, 0.15) is 37.7 Å². The van der Waals surface area contributed by atoms with Crippen molar-refractivity contribution in [1.82, 2.24) is 14.8 Å². The van der Waals surface area contributed by atoms with Gasteiger partial charge in [-0.25, -0.2) is 9.67 Å². The molecule has 0 bridgehead atoms. The number of amides is 1. The van der Waals surface area contributed by atoms with Gasteiger partial charge in [-0.1, -0.05) is 31.0 Å². The molecule has 6 heteroatoms. The highest BCUT2D eigenvalue weighted by molar-refractivity contribution is 5.91. The van der Waals surface area contributed by atoms with Crippen LogP contribution in [0.4, 0.5) is 5.69 Å². The molecule has 2 aromatic rings. The second-order valence-corrected chi connectivity index (χ2v) is 5.25. The van der Waals surface area contributed by atoms with Gasteiger partial charge in [0.05, 0.1) is 6.54 Å². The lowest BCUT2D eigenvalue weighted by atomic mass is 10.1. The lowest BCUT2D eigenvalue weighted by Crippen LogP contribution is -2.13. The van der Waals surface area contributed by atoms with Crippen molar-refractivity contribution in [2.24, 2.45) is 5.73 Å². The van der Waals surface area contributed by atoms with E-state index in [4.69, 9.17) is 5.73 Å². The van der Waals surface area contributed by atoms with Gasteiger partial charge in [-0.2, -0.15) is 5.10 Å². The molecule has 22 heavy (non-hydrogen) atoms. The Bertz CT molecular complexity index is 568. The van der Waals surface area contributed by atoms with E-state index < -0.39 is 0 Å². The van der Waals surface area contributed by atoms with Gasteiger partial charge in [0.1, 0.15) is 12.7 Å². The molecular formula is C16H23N5O. The molecule has 0 radical (unpaired) electrons. The van der Waals surface area contributed by atoms with E-state index in [1.165, 1.54) is 6.33 Å². The number of unbranched alkanes of at least 4 members (excludes halogenated alkanes) is 3. The van der Waals surface area contributed by atoms with E-state index in [1.54, 1.807) is 11.0 Å². The van der Waals surface area contributed by atoms with Crippen molar-refractivity contribution in [3.05, 3.63) is 42.5 Å². The molecule has 0 saturated carbocycles. The average molecular weight is 301 g/mol. The number of nitrogens with one attached hydrogen (secondary N) is 1. The zero-order chi connectivity index (χ0) is 15.6. The van der Waals surface area contributed by atoms with Crippen LogP contribution < -0.4 is 11.1 Å². The minimum Gasteiger partial charge on any atom is -0.330 e. The maximum Gasteiger partial charge on any atom is 0.224 e. The molecule has 0 unspecified atom stereocenters. The molecular weight excluding hydrogens is 278 g/mol. The topological polar surface area (TPSA) is 85.8 Å². The Balaban J connectivity index is 1.85. The van der Waals surface area contributed by atoms with Crippen LogP contribution in [0.2, 0.25) is 0 Å². The number of carbonyl (C=O) groups excluding carboxylic acids is 1. The first kappa shape index (κ1) is 16.2. The van der Waals surface area contributed by atoms with Crippen LogP contribution >= 0.6 is 0 Å². The van der Waals surface area contributed by atoms with Gasteiger partial charge in [-0.05, 0) is 31.0 Å². The van der Waals surface area contributed by atoms with Crippen LogP contribution in [0.15, 0.2) is 36.9 Å². The zero-order valence-electron chi connectivity index (χ0n) is 12.7. The Labute approximate surface area is 130 Å². The maximum absolute atomic E-state index is 12.0. The highest BCUT2D eigenvalue weighted by Gasteiger charge is 2.07. The van der Waals surface area contributed by atoms with Crippen molar-refractivity contribution in [3.63, 3.8) is 0 Å². The second-order valence-electron chi connectivity index (χ2n) is 5.25. The highest BCUT2D eigenvalue weighted by atomic mass is 16.1. The normalized spacial score (nSPS) is 10.6. The van der Waals surface area contributed by atoms with Crippen LogP contribution in [0.25, 0.3) is 0 Å². The van der Waals surface area contributed by atoms with E-state index in [9.17, 15) is 4.79 Å². The quantitative estimate of drug-likeness (QED) is 0.695. The minimum atomic E-state index is 0.0544. The summed E-state index contributed by atoms with van der Waals surface area (Å²) in [5.41, 5.74) is 7.31. The lowest BCUT2D eigenvalue weighted by molar-refractivity contribution is -0.116. The van der Waals surface area contributed by atoms with Gasteiger partial charge >= 0.3 is 0 Å². The first-order chi connectivity index (χ1) is 10.8. The molecule has 0 aliphatic heterocycles. The van der Waals surface area contributed by atoms with Crippen molar-refractivity contribution in [1.29, 1.82) is 0 Å². The van der Waals surface area contributed by atoms with Crippen LogP contribution in [-0.4, -0.2) is 27.2 Å². The van der Waals surface area contributed by atoms with E-state index in [1.807, 2.05) is 24.3 Å². The number of hydrogen-bond acceptors (Lipinski definition) is 4. The molecule has 118 valence electrons. The third-order valence-electron chi connectivity index (χ3n) is 3.45. The fourth-order valence-electron chi connectivity index (χ4n) is 2.27. The first-order valence-electron chi connectivity index (χ1n) is 7.70. The van der Waals surface area contributed by atoms with Gasteiger partial charge in [0.15, 0.2) is 0 Å². The molecule has 1 aromatic heterocycles. The third kappa shape index (κ3) is 5.29. The van der Waals surface area contributed by atoms with Gasteiger partial charge in [-0.15, -0.1) is 0 Å². The summed E-state index contributed by atoms with van der Waals surface area (Å²) in [6.45, 7) is 1.31. The molecule has 2 rings (SSSR count). The van der Waals surface area contributed by atoms with E-state index >= 15 is 0 Å². The zero-order valence-corrected chi connectivity index (χ0v) is 12.7. The summed E-state index contributed by atoms with van der Waals surface area (Å²) in [6.07, 6.45) is 7.78. The van der Waals surface area contributed by atoms with E-state index in [0.29, 0.717) is 13.0 Å². The van der Waals surface area contributed by atoms with Crippen molar-refractivity contribution in [3.8, 4) is 0 Å². The van der Waals surface area contributed by atoms with Gasteiger partial charge in [0, 0.05) is 12.1 Å². The van der Waals surface area contributed by atoms with Crippen molar-refractivity contribution in [2.45, 2.75) is 38.6 Å². The molecule has 0 aliphatic rings. The molecule has 1 aromatic carbocycles. The van der Waals surface area contributed by atoms with Crippen LogP contribution in [-0.2, 0) is 11.3 Å². The summed E-state index contributed by atoms with van der Waals surface area (Å²) in [4.78, 5) is 16.0. The van der Waals surface area contributed by atoms with Crippen LogP contribution in [0.5, 0.6) is 0 Å². The monoisotopic (exact) mass is 301 g/mol. The van der Waals surface area contributed by atoms with Gasteiger partial charge < -0.3 is 11.1 Å². The standard InChI is InChI=1S/C16H23N5O/c17-10-6-2-1-3-9-16(22)20-15-8-5-4-7-14(15)11-21-13-18-12-19-21/h4-5,7-8,12-13H,1-3,6,9-11,17H2,(H,20,22). The molecule has 0 fully saturated rings. The number of rotatable bonds is 9. The second kappa shape index (κ2) is 8.94. The molecule has 3 N–H and O–H groups in total. The first-order valence-corrected chi connectivity index (χ1v) is 7.70. The molecule has 1 amide bonds. The number of para-hydroxylation sites is 1. The number of nitrogens with two attached hydrogens (primary N) is 1. The van der Waals surface area contributed by atoms with E-state index in [0.717, 1.165) is 43.5 Å². The fourth-order valence-corrected chi connectivity index (χ4v) is 2.27. The van der Waals surface area contributed by atoms with Gasteiger partial charge in [0.25, 0.3) is 0 Å². The number of benzene rings is 1. The number of nitrogens with zero attached hydrogens (tertiary/aromatic N) is 3. The number of anilines is 1. The number of aromatic nitrogens is 3. The summed E-state index contributed by atoms with van der Waals surface area (Å²) in [5.74, 6) is 0.0544. The van der Waals surface area contributed by atoms with Crippen molar-refractivity contribution < 1.29 is 4.79 Å². The average Bonchev–Trinajstić information content (AvgIpc) is 3.02. The van der Waals surface area contributed by atoms with Crippen LogP contribution in [0.3, 0.4) is 0 Å². The van der Waals surface area contributed by atoms with Gasteiger partial charge in [-0.3, -0.25) is 4.79 Å². The third-order valence-corrected chi connectivity index (χ3v) is 3.45. The lowest BCUT2D eigenvalue weighted by Gasteiger charge is -2.11. The minimum absolute atomic E-state index is 0.0544. The predicted molar refractivity (Wildman–Crippen MR) is 86.3 cm³/mol. The Morgan fingerprint density at radius 1 is 1.18 bits per heavy atom. The highest BCUT2D eigenvalue weighted by Crippen LogP contribution is 2.16. The Morgan fingerprint density at radius 2 is 2.00 bits per heavy atom. The summed E-state index contributed by atoms with van der Waals surface area (Å²) in [6, 6.07) is 7.77. The molecule has 0 saturated heterocycles. The summed E-state index contributed by atoms with van der Waals surface area (Å²) < 4.78 is 1.73. The van der Waals surface area contributed by atoms with E-state index in [-0.39, 0.29) is 5.91 Å². The molecule has 0 spiro atoms. The smallest absolute Gasteiger partial charge is 0.224 e. The number of carbonyl (C=O) groups is 1. The van der Waals surface area contributed by atoms with Crippen LogP contribution in [0, 0.1) is 0 Å². The maximum atomic E-state index is 12.0. The summed E-state index contributed by atoms with van der Waals surface area (Å²) in [5, 5.41) is 7.08. The molecule has 0 atom stereocenters. The Kier molecular flexibility index (Phi) is 6.57.